The van der Waals surface area contributed by atoms with Crippen LogP contribution in [0.3, 0.4) is 0 Å². The van der Waals surface area contributed by atoms with Gasteiger partial charge < -0.3 is 54.4 Å². The summed E-state index contributed by atoms with van der Waals surface area (Å²) in [6.45, 7) is 0. The summed E-state index contributed by atoms with van der Waals surface area (Å²) in [5.74, 6) is -2.95. The average molecular weight is 464 g/mol. The van der Waals surface area contributed by atoms with Crippen LogP contribution >= 0.6 is 0 Å². The molecule has 0 aliphatic carbocycles. The summed E-state index contributed by atoms with van der Waals surface area (Å²) in [7, 11) is 1.18. The molecule has 0 amide bonds. The first-order valence-corrected chi connectivity index (χ1v) is 9.56. The van der Waals surface area contributed by atoms with E-state index in [1.807, 2.05) is 0 Å². The van der Waals surface area contributed by atoms with Gasteiger partial charge in [0.15, 0.2) is 23.5 Å². The third kappa shape index (κ3) is 3.90. The summed E-state index contributed by atoms with van der Waals surface area (Å²) < 4.78 is 21.4. The lowest BCUT2D eigenvalue weighted by Crippen LogP contribution is -2.59. The first-order valence-electron chi connectivity index (χ1n) is 9.56. The smallest absolute Gasteiger partial charge is 0.239 e. The molecule has 12 heteroatoms. The molecule has 3 aromatic rings. The standard InChI is InChI=1S/C21H20O12/c1-30-20-16(28)15(27)17(29)21(33-20)32-19-14(26)13-11(25)5-8(22)6-12(13)31-18(19)7-2-3-9(23)10(24)4-7/h2-6,15-17,20-25,27-29H,1H3/t15-,16-,17+,20-,21+/m0/s1. The SMILES string of the molecule is CO[C@H]1O[C@@H](Oc2c(-c3ccc(O)c(O)c3)oc3cc(O)cc(O)c3c2=O)[C@H](O)[C@@H](O)[C@@H]1O. The molecule has 0 bridgehead atoms. The zero-order chi connectivity index (χ0) is 24.0. The fraction of sp³-hybridized carbons (Fsp3) is 0.286. The lowest BCUT2D eigenvalue weighted by Gasteiger charge is -2.39. The summed E-state index contributed by atoms with van der Waals surface area (Å²) in [5, 5.41) is 69.4. The van der Waals surface area contributed by atoms with Crippen molar-refractivity contribution in [2.45, 2.75) is 30.9 Å². The van der Waals surface area contributed by atoms with E-state index in [-0.39, 0.29) is 22.3 Å². The van der Waals surface area contributed by atoms with Gasteiger partial charge in [0, 0.05) is 24.8 Å². The van der Waals surface area contributed by atoms with Crippen LogP contribution in [-0.4, -0.2) is 73.7 Å². The highest BCUT2D eigenvalue weighted by Gasteiger charge is 2.46. The van der Waals surface area contributed by atoms with E-state index in [1.54, 1.807) is 0 Å². The number of methoxy groups -OCH3 is 1. The van der Waals surface area contributed by atoms with Crippen molar-refractivity contribution >= 4 is 11.0 Å². The number of rotatable bonds is 4. The van der Waals surface area contributed by atoms with E-state index >= 15 is 0 Å². The Balaban J connectivity index is 1.91. The minimum absolute atomic E-state index is 0.0382. The predicted octanol–water partition coefficient (Wildman–Crippen LogP) is 0.0727. The molecule has 1 fully saturated rings. The Kier molecular flexibility index (Phi) is 5.78. The third-order valence-electron chi connectivity index (χ3n) is 5.15. The van der Waals surface area contributed by atoms with Gasteiger partial charge in [-0.2, -0.15) is 0 Å². The maximum Gasteiger partial charge on any atom is 0.239 e. The summed E-state index contributed by atoms with van der Waals surface area (Å²) in [6, 6.07) is 5.43. The molecule has 1 saturated heterocycles. The van der Waals surface area contributed by atoms with Crippen molar-refractivity contribution in [1.29, 1.82) is 0 Å². The van der Waals surface area contributed by atoms with Crippen molar-refractivity contribution in [1.82, 2.24) is 0 Å². The second-order valence-corrected chi connectivity index (χ2v) is 7.33. The van der Waals surface area contributed by atoms with Gasteiger partial charge in [0.2, 0.25) is 17.5 Å². The van der Waals surface area contributed by atoms with Crippen molar-refractivity contribution in [2.24, 2.45) is 0 Å². The van der Waals surface area contributed by atoms with E-state index < -0.39 is 65.1 Å². The number of phenolic OH excluding ortho intramolecular Hbond substituents is 4. The fourth-order valence-electron chi connectivity index (χ4n) is 3.46. The van der Waals surface area contributed by atoms with E-state index in [2.05, 4.69) is 0 Å². The molecule has 2 aromatic carbocycles. The number of hydrogen-bond acceptors (Lipinski definition) is 12. The van der Waals surface area contributed by atoms with Gasteiger partial charge in [-0.05, 0) is 18.2 Å². The van der Waals surface area contributed by atoms with Gasteiger partial charge in [0.1, 0.15) is 40.8 Å². The molecular formula is C21H20O12. The van der Waals surface area contributed by atoms with Gasteiger partial charge in [-0.3, -0.25) is 4.79 Å². The van der Waals surface area contributed by atoms with Crippen LogP contribution in [0.4, 0.5) is 0 Å². The Labute approximate surface area is 184 Å². The molecule has 1 aliphatic rings. The minimum atomic E-state index is -1.82. The number of ether oxygens (including phenoxy) is 3. The van der Waals surface area contributed by atoms with E-state index in [1.165, 1.54) is 13.2 Å². The van der Waals surface area contributed by atoms with Gasteiger partial charge >= 0.3 is 0 Å². The molecule has 33 heavy (non-hydrogen) atoms. The summed E-state index contributed by atoms with van der Waals surface area (Å²) in [5.41, 5.74) is -1.14. The maximum atomic E-state index is 13.3. The minimum Gasteiger partial charge on any atom is -0.508 e. The molecule has 5 atom stereocenters. The predicted molar refractivity (Wildman–Crippen MR) is 109 cm³/mol. The molecule has 4 rings (SSSR count). The van der Waals surface area contributed by atoms with Gasteiger partial charge in [-0.25, -0.2) is 0 Å². The molecule has 0 saturated carbocycles. The van der Waals surface area contributed by atoms with Crippen molar-refractivity contribution in [2.75, 3.05) is 7.11 Å². The average Bonchev–Trinajstić information content (AvgIpc) is 2.76. The van der Waals surface area contributed by atoms with Gasteiger partial charge in [-0.1, -0.05) is 0 Å². The number of aliphatic hydroxyl groups excluding tert-OH is 3. The van der Waals surface area contributed by atoms with Crippen LogP contribution in [0, 0.1) is 0 Å². The first kappa shape index (κ1) is 22.6. The van der Waals surface area contributed by atoms with Crippen molar-refractivity contribution in [3.05, 3.63) is 40.6 Å². The molecule has 2 heterocycles. The summed E-state index contributed by atoms with van der Waals surface area (Å²) >= 11 is 0. The Bertz CT molecular complexity index is 1250. The van der Waals surface area contributed by atoms with Crippen molar-refractivity contribution in [3.63, 3.8) is 0 Å². The van der Waals surface area contributed by atoms with Crippen molar-refractivity contribution < 1.29 is 54.4 Å². The molecule has 1 aliphatic heterocycles. The number of fused-ring (bicyclic) bond motifs is 1. The molecule has 176 valence electrons. The highest BCUT2D eigenvalue weighted by Crippen LogP contribution is 2.39. The highest BCUT2D eigenvalue weighted by atomic mass is 16.8. The van der Waals surface area contributed by atoms with E-state index in [4.69, 9.17) is 18.6 Å². The topological polar surface area (TPSA) is 200 Å². The highest BCUT2D eigenvalue weighted by molar-refractivity contribution is 5.88. The van der Waals surface area contributed by atoms with Gasteiger partial charge in [-0.15, -0.1) is 0 Å². The van der Waals surface area contributed by atoms with Crippen LogP contribution < -0.4 is 10.2 Å². The second-order valence-electron chi connectivity index (χ2n) is 7.33. The summed E-state index contributed by atoms with van der Waals surface area (Å²) in [6.07, 6.45) is -8.33. The maximum absolute atomic E-state index is 13.3. The Morgan fingerprint density at radius 3 is 2.21 bits per heavy atom. The Morgan fingerprint density at radius 1 is 0.848 bits per heavy atom. The number of benzene rings is 2. The molecule has 0 spiro atoms. The molecule has 1 aromatic heterocycles. The number of hydrogen-bond donors (Lipinski definition) is 7. The lowest BCUT2D eigenvalue weighted by molar-refractivity contribution is -0.327. The number of phenols is 4. The van der Waals surface area contributed by atoms with E-state index in [9.17, 15) is 40.5 Å². The largest absolute Gasteiger partial charge is 0.508 e. The molecule has 7 N–H and O–H groups in total. The fourth-order valence-corrected chi connectivity index (χ4v) is 3.46. The van der Waals surface area contributed by atoms with Crippen LogP contribution in [0.25, 0.3) is 22.3 Å². The monoisotopic (exact) mass is 464 g/mol. The van der Waals surface area contributed by atoms with E-state index in [0.29, 0.717) is 0 Å². The molecule has 0 radical (unpaired) electrons. The summed E-state index contributed by atoms with van der Waals surface area (Å²) in [4.78, 5) is 13.3. The number of aliphatic hydroxyl groups is 3. The van der Waals surface area contributed by atoms with Crippen LogP contribution in [-0.2, 0) is 9.47 Å². The van der Waals surface area contributed by atoms with Crippen LogP contribution in [0.5, 0.6) is 28.7 Å². The van der Waals surface area contributed by atoms with Crippen LogP contribution in [0.2, 0.25) is 0 Å². The quantitative estimate of drug-likeness (QED) is 0.257. The molecular weight excluding hydrogens is 444 g/mol. The van der Waals surface area contributed by atoms with E-state index in [0.717, 1.165) is 24.3 Å². The second kappa shape index (κ2) is 8.42. The van der Waals surface area contributed by atoms with Crippen LogP contribution in [0.15, 0.2) is 39.5 Å². The first-order chi connectivity index (χ1) is 15.6. The van der Waals surface area contributed by atoms with Gasteiger partial charge in [0.05, 0.1) is 0 Å². The number of aromatic hydroxyl groups is 4. The van der Waals surface area contributed by atoms with Crippen molar-refractivity contribution in [3.8, 4) is 40.1 Å². The Hall–Kier alpha value is -3.55. The zero-order valence-electron chi connectivity index (χ0n) is 16.9. The normalized spacial score (nSPS) is 25.3. The zero-order valence-corrected chi connectivity index (χ0v) is 16.9. The lowest BCUT2D eigenvalue weighted by atomic mass is 10.0. The van der Waals surface area contributed by atoms with Gasteiger partial charge in [0.25, 0.3) is 0 Å². The molecule has 12 nitrogen and oxygen atoms in total. The Morgan fingerprint density at radius 2 is 1.55 bits per heavy atom. The van der Waals surface area contributed by atoms with Crippen LogP contribution in [0.1, 0.15) is 0 Å². The third-order valence-corrected chi connectivity index (χ3v) is 5.15. The molecule has 0 unspecified atom stereocenters.